The number of aliphatic hydroxyl groups is 1. The molecule has 1 aromatic rings. The summed E-state index contributed by atoms with van der Waals surface area (Å²) in [6.07, 6.45) is 1.01. The number of hydrogen-bond donors (Lipinski definition) is 2. The van der Waals surface area contributed by atoms with Crippen LogP contribution in [0.2, 0.25) is 5.02 Å². The first-order chi connectivity index (χ1) is 8.68. The largest absolute Gasteiger partial charge is 0.396 e. The third-order valence-electron chi connectivity index (χ3n) is 2.52. The van der Waals surface area contributed by atoms with Crippen molar-refractivity contribution in [1.29, 1.82) is 0 Å². The molecule has 3 N–H and O–H groups in total. The minimum absolute atomic E-state index is 0.0214. The normalized spacial score (nSPS) is 13.3. The summed E-state index contributed by atoms with van der Waals surface area (Å²) in [4.78, 5) is 10.0. The number of hydrogen-bond acceptors (Lipinski definition) is 6. The predicted molar refractivity (Wildman–Crippen MR) is 69.8 cm³/mol. The Morgan fingerprint density at radius 2 is 2.11 bits per heavy atom. The van der Waals surface area contributed by atoms with Crippen LogP contribution in [0.3, 0.4) is 0 Å². The Labute approximate surface area is 115 Å². The number of halogens is 1. The summed E-state index contributed by atoms with van der Waals surface area (Å²) < 4.78 is 22.8. The number of nitro benzene ring substituents is 1. The van der Waals surface area contributed by atoms with E-state index in [0.717, 1.165) is 18.4 Å². The van der Waals surface area contributed by atoms with Crippen molar-refractivity contribution in [3.63, 3.8) is 0 Å². The van der Waals surface area contributed by atoms with Gasteiger partial charge in [-0.3, -0.25) is 10.1 Å². The van der Waals surface area contributed by atoms with Gasteiger partial charge in [0.1, 0.15) is 0 Å². The minimum Gasteiger partial charge on any atom is -0.396 e. The minimum atomic E-state index is -3.62. The molecule has 0 saturated heterocycles. The highest BCUT2D eigenvalue weighted by Gasteiger charge is 2.26. The zero-order valence-electron chi connectivity index (χ0n) is 10.0. The third kappa shape index (κ3) is 3.63. The third-order valence-corrected chi connectivity index (χ3v) is 3.92. The van der Waals surface area contributed by atoms with Crippen molar-refractivity contribution >= 4 is 27.1 Å². The lowest BCUT2D eigenvalue weighted by atomic mass is 10.0. The zero-order chi connectivity index (χ0) is 14.8. The highest BCUT2D eigenvalue weighted by Crippen LogP contribution is 2.35. The lowest BCUT2D eigenvalue weighted by Gasteiger charge is -2.13. The van der Waals surface area contributed by atoms with E-state index in [-0.39, 0.29) is 28.5 Å². The smallest absolute Gasteiger partial charge is 0.276 e. The Bertz CT molecular complexity index is 602. The van der Waals surface area contributed by atoms with Crippen LogP contribution in [0.5, 0.6) is 0 Å². The average molecular weight is 309 g/mol. The molecule has 0 amide bonds. The van der Waals surface area contributed by atoms with Gasteiger partial charge in [-0.15, -0.1) is 0 Å². The van der Waals surface area contributed by atoms with Gasteiger partial charge in [0.05, 0.1) is 20.4 Å². The highest BCUT2D eigenvalue weighted by atomic mass is 35.5. The van der Waals surface area contributed by atoms with Crippen LogP contribution in [0.15, 0.2) is 17.0 Å². The number of benzene rings is 1. The lowest BCUT2D eigenvalue weighted by Crippen LogP contribution is -2.15. The fourth-order valence-corrected chi connectivity index (χ4v) is 2.67. The van der Waals surface area contributed by atoms with Gasteiger partial charge >= 0.3 is 0 Å². The molecule has 0 spiro atoms. The van der Waals surface area contributed by atoms with Gasteiger partial charge < -0.3 is 10.8 Å². The Morgan fingerprint density at radius 1 is 1.53 bits per heavy atom. The molecule has 0 radical (unpaired) electrons. The van der Waals surface area contributed by atoms with Crippen LogP contribution in [-0.4, -0.2) is 31.3 Å². The van der Waals surface area contributed by atoms with Gasteiger partial charge in [0.2, 0.25) is 0 Å². The monoisotopic (exact) mass is 308 g/mol. The quantitative estimate of drug-likeness (QED) is 0.618. The zero-order valence-corrected chi connectivity index (χ0v) is 11.6. The predicted octanol–water partition coefficient (Wildman–Crippen LogP) is 1.03. The number of rotatable bonds is 5. The first-order valence-corrected chi connectivity index (χ1v) is 7.49. The van der Waals surface area contributed by atoms with E-state index in [1.807, 2.05) is 0 Å². The topological polar surface area (TPSA) is 124 Å². The maximum atomic E-state index is 11.4. The van der Waals surface area contributed by atoms with Crippen LogP contribution in [0.25, 0.3) is 0 Å². The molecular formula is C10H13ClN2O5S. The molecule has 0 aliphatic heterocycles. The number of sulfone groups is 1. The SMILES string of the molecule is CS(=O)(=O)c1cc(Cl)c(C(N)CCO)c([N+](=O)[O-])c1. The van der Waals surface area contributed by atoms with Gasteiger partial charge in [-0.05, 0) is 12.5 Å². The number of aliphatic hydroxyl groups excluding tert-OH is 1. The molecule has 0 aliphatic rings. The van der Waals surface area contributed by atoms with E-state index in [4.69, 9.17) is 22.4 Å². The molecule has 1 aromatic carbocycles. The molecule has 0 fully saturated rings. The van der Waals surface area contributed by atoms with E-state index in [9.17, 15) is 18.5 Å². The van der Waals surface area contributed by atoms with Gasteiger partial charge in [0.25, 0.3) is 5.69 Å². The molecular weight excluding hydrogens is 296 g/mol. The second-order valence-corrected chi connectivity index (χ2v) is 6.41. The Balaban J connectivity index is 3.52. The van der Waals surface area contributed by atoms with Crippen molar-refractivity contribution in [3.8, 4) is 0 Å². The van der Waals surface area contributed by atoms with Gasteiger partial charge in [-0.2, -0.15) is 0 Å². The van der Waals surface area contributed by atoms with Crippen LogP contribution in [0.1, 0.15) is 18.0 Å². The maximum absolute atomic E-state index is 11.4. The second kappa shape index (κ2) is 5.83. The van der Waals surface area contributed by atoms with Gasteiger partial charge in [-0.25, -0.2) is 8.42 Å². The van der Waals surface area contributed by atoms with E-state index in [1.165, 1.54) is 0 Å². The summed E-state index contributed by atoms with van der Waals surface area (Å²) in [6, 6.07) is 1.20. The fraction of sp³-hybridized carbons (Fsp3) is 0.400. The maximum Gasteiger partial charge on any atom is 0.276 e. The molecule has 0 aromatic heterocycles. The molecule has 1 atom stereocenters. The second-order valence-electron chi connectivity index (χ2n) is 3.99. The molecule has 19 heavy (non-hydrogen) atoms. The molecule has 1 unspecified atom stereocenters. The van der Waals surface area contributed by atoms with Gasteiger partial charge in [0.15, 0.2) is 9.84 Å². The lowest BCUT2D eigenvalue weighted by molar-refractivity contribution is -0.385. The molecule has 106 valence electrons. The molecule has 0 bridgehead atoms. The van der Waals surface area contributed by atoms with Crippen molar-refractivity contribution in [3.05, 3.63) is 32.8 Å². The highest BCUT2D eigenvalue weighted by molar-refractivity contribution is 7.90. The molecule has 1 rings (SSSR count). The van der Waals surface area contributed by atoms with Gasteiger partial charge in [0, 0.05) is 25.0 Å². The van der Waals surface area contributed by atoms with Crippen LogP contribution >= 0.6 is 11.6 Å². The Kier molecular flexibility index (Phi) is 4.86. The van der Waals surface area contributed by atoms with E-state index in [0.29, 0.717) is 0 Å². The number of nitrogens with two attached hydrogens (primary N) is 1. The summed E-state index contributed by atoms with van der Waals surface area (Å²) in [5.74, 6) is 0. The standard InChI is InChI=1S/C10H13ClN2O5S/c1-19(17,18)6-4-7(11)10(8(12)2-3-14)9(5-6)13(15)16/h4-5,8,14H,2-3,12H2,1H3. The van der Waals surface area contributed by atoms with Crippen molar-refractivity contribution in [2.24, 2.45) is 5.73 Å². The Hall–Kier alpha value is -1.22. The van der Waals surface area contributed by atoms with Crippen LogP contribution in [0.4, 0.5) is 5.69 Å². The molecule has 9 heteroatoms. The molecule has 7 nitrogen and oxygen atoms in total. The van der Waals surface area contributed by atoms with Crippen molar-refractivity contribution in [2.75, 3.05) is 12.9 Å². The number of nitrogens with zero attached hydrogens (tertiary/aromatic N) is 1. The Morgan fingerprint density at radius 3 is 2.53 bits per heavy atom. The van der Waals surface area contributed by atoms with E-state index >= 15 is 0 Å². The van der Waals surface area contributed by atoms with Crippen LogP contribution < -0.4 is 5.73 Å². The van der Waals surface area contributed by atoms with Crippen LogP contribution in [0, 0.1) is 10.1 Å². The van der Waals surface area contributed by atoms with Crippen molar-refractivity contribution in [2.45, 2.75) is 17.4 Å². The van der Waals surface area contributed by atoms with Gasteiger partial charge in [-0.1, -0.05) is 11.6 Å². The average Bonchev–Trinajstić information content (AvgIpc) is 2.26. The summed E-state index contributed by atoms with van der Waals surface area (Å²) in [6.45, 7) is -0.261. The molecule has 0 heterocycles. The molecule has 0 saturated carbocycles. The number of nitro groups is 1. The van der Waals surface area contributed by atoms with E-state index in [2.05, 4.69) is 0 Å². The van der Waals surface area contributed by atoms with Crippen LogP contribution in [-0.2, 0) is 9.84 Å². The van der Waals surface area contributed by atoms with Crippen molar-refractivity contribution < 1.29 is 18.4 Å². The first kappa shape index (κ1) is 15.8. The summed E-state index contributed by atoms with van der Waals surface area (Å²) in [5.41, 5.74) is 5.26. The first-order valence-electron chi connectivity index (χ1n) is 5.22. The summed E-state index contributed by atoms with van der Waals surface area (Å²) in [5, 5.41) is 19.7. The van der Waals surface area contributed by atoms with E-state index in [1.54, 1.807) is 0 Å². The summed E-state index contributed by atoms with van der Waals surface area (Å²) in [7, 11) is -3.62. The fourth-order valence-electron chi connectivity index (χ4n) is 1.59. The molecule has 0 aliphatic carbocycles. The van der Waals surface area contributed by atoms with Crippen molar-refractivity contribution in [1.82, 2.24) is 0 Å². The van der Waals surface area contributed by atoms with E-state index < -0.39 is 26.5 Å². The summed E-state index contributed by atoms with van der Waals surface area (Å²) >= 11 is 5.88.